The fraction of sp³-hybridized carbons (Fsp3) is 0.167. The van der Waals surface area contributed by atoms with Gasteiger partial charge in [-0.05, 0) is 49.2 Å². The highest BCUT2D eigenvalue weighted by Crippen LogP contribution is 2.27. The van der Waals surface area contributed by atoms with Crippen LogP contribution in [0.2, 0.25) is 0 Å². The molecule has 0 aliphatic heterocycles. The van der Waals surface area contributed by atoms with Crippen LogP contribution in [-0.4, -0.2) is 5.91 Å². The lowest BCUT2D eigenvalue weighted by atomic mass is 10.1. The van der Waals surface area contributed by atoms with Crippen LogP contribution in [0.1, 0.15) is 18.1 Å². The highest BCUT2D eigenvalue weighted by Gasteiger charge is 2.05. The van der Waals surface area contributed by atoms with Crippen LogP contribution in [0.3, 0.4) is 0 Å². The van der Waals surface area contributed by atoms with Gasteiger partial charge < -0.3 is 10.1 Å². The van der Waals surface area contributed by atoms with Gasteiger partial charge in [-0.25, -0.2) is 0 Å². The van der Waals surface area contributed by atoms with Crippen LogP contribution >= 0.6 is 0 Å². The van der Waals surface area contributed by atoms with E-state index in [0.717, 1.165) is 29.2 Å². The first-order valence-corrected chi connectivity index (χ1v) is 6.84. The molecule has 0 saturated carbocycles. The Hall–Kier alpha value is -2.55. The average Bonchev–Trinajstić information content (AvgIpc) is 2.43. The van der Waals surface area contributed by atoms with Crippen molar-refractivity contribution in [1.29, 1.82) is 0 Å². The fourth-order valence-electron chi connectivity index (χ4n) is 2.06. The second-order valence-corrected chi connectivity index (χ2v) is 4.91. The van der Waals surface area contributed by atoms with Crippen LogP contribution in [0.5, 0.6) is 11.5 Å². The monoisotopic (exact) mass is 281 g/mol. The third-order valence-electron chi connectivity index (χ3n) is 2.98. The number of allylic oxidation sites excluding steroid dienone is 1. The summed E-state index contributed by atoms with van der Waals surface area (Å²) in [7, 11) is 0. The van der Waals surface area contributed by atoms with Crippen molar-refractivity contribution in [3.05, 3.63) is 66.2 Å². The van der Waals surface area contributed by atoms with E-state index in [2.05, 4.69) is 24.9 Å². The molecule has 0 fully saturated rings. The summed E-state index contributed by atoms with van der Waals surface area (Å²) in [5.74, 6) is 1.47. The van der Waals surface area contributed by atoms with Gasteiger partial charge in [0, 0.05) is 12.6 Å². The minimum Gasteiger partial charge on any atom is -0.457 e. The van der Waals surface area contributed by atoms with E-state index in [1.165, 1.54) is 12.5 Å². The lowest BCUT2D eigenvalue weighted by Gasteiger charge is -2.11. The third kappa shape index (κ3) is 4.21. The van der Waals surface area contributed by atoms with Gasteiger partial charge in [-0.1, -0.05) is 23.8 Å². The van der Waals surface area contributed by atoms with Gasteiger partial charge in [0.05, 0.1) is 0 Å². The van der Waals surface area contributed by atoms with Gasteiger partial charge in [0.25, 0.3) is 0 Å². The van der Waals surface area contributed by atoms with E-state index in [-0.39, 0.29) is 5.91 Å². The summed E-state index contributed by atoms with van der Waals surface area (Å²) in [6.07, 6.45) is 2.63. The Labute approximate surface area is 125 Å². The van der Waals surface area contributed by atoms with Crippen LogP contribution in [0.25, 0.3) is 0 Å². The van der Waals surface area contributed by atoms with Crippen molar-refractivity contribution in [2.24, 2.45) is 0 Å². The molecular weight excluding hydrogens is 262 g/mol. The molecule has 0 aliphatic rings. The fourth-order valence-corrected chi connectivity index (χ4v) is 2.06. The molecule has 2 aromatic carbocycles. The molecule has 0 radical (unpaired) electrons. The third-order valence-corrected chi connectivity index (χ3v) is 2.98. The number of amides is 1. The second-order valence-electron chi connectivity index (χ2n) is 4.91. The van der Waals surface area contributed by atoms with Gasteiger partial charge in [-0.15, -0.1) is 6.58 Å². The number of aryl methyl sites for hydroxylation is 1. The first-order chi connectivity index (χ1) is 10.1. The van der Waals surface area contributed by atoms with Crippen molar-refractivity contribution in [3.8, 4) is 11.5 Å². The number of hydrogen-bond acceptors (Lipinski definition) is 2. The summed E-state index contributed by atoms with van der Waals surface area (Å²) >= 11 is 0. The molecule has 0 saturated heterocycles. The van der Waals surface area contributed by atoms with Crippen molar-refractivity contribution >= 4 is 11.6 Å². The Morgan fingerprint density at radius 1 is 1.24 bits per heavy atom. The van der Waals surface area contributed by atoms with E-state index in [1.807, 2.05) is 42.5 Å². The summed E-state index contributed by atoms with van der Waals surface area (Å²) in [5.41, 5.74) is 3.06. The normalized spacial score (nSPS) is 10.0. The van der Waals surface area contributed by atoms with Crippen molar-refractivity contribution < 1.29 is 9.53 Å². The summed E-state index contributed by atoms with van der Waals surface area (Å²) < 4.78 is 5.92. The van der Waals surface area contributed by atoms with Gasteiger partial charge in [-0.2, -0.15) is 0 Å². The number of hydrogen-bond donors (Lipinski definition) is 1. The first kappa shape index (κ1) is 14.9. The Kier molecular flexibility index (Phi) is 4.77. The van der Waals surface area contributed by atoms with Crippen LogP contribution in [0.4, 0.5) is 5.69 Å². The van der Waals surface area contributed by atoms with Gasteiger partial charge in [0.15, 0.2) is 0 Å². The van der Waals surface area contributed by atoms with Crippen LogP contribution in [0.15, 0.2) is 55.1 Å². The molecule has 0 spiro atoms. The van der Waals surface area contributed by atoms with E-state index >= 15 is 0 Å². The highest BCUT2D eigenvalue weighted by molar-refractivity contribution is 5.88. The lowest BCUT2D eigenvalue weighted by molar-refractivity contribution is -0.114. The molecular formula is C18H19NO2. The quantitative estimate of drug-likeness (QED) is 0.821. The molecule has 0 aromatic heterocycles. The second kappa shape index (κ2) is 6.75. The number of carbonyl (C=O) groups is 1. The van der Waals surface area contributed by atoms with Crippen molar-refractivity contribution in [2.45, 2.75) is 20.3 Å². The van der Waals surface area contributed by atoms with Gasteiger partial charge in [-0.3, -0.25) is 4.79 Å². The molecule has 0 heterocycles. The van der Waals surface area contributed by atoms with E-state index in [4.69, 9.17) is 4.74 Å². The Morgan fingerprint density at radius 3 is 2.57 bits per heavy atom. The number of ether oxygens (including phenoxy) is 1. The zero-order valence-electron chi connectivity index (χ0n) is 12.3. The molecule has 2 rings (SSSR count). The predicted molar refractivity (Wildman–Crippen MR) is 85.9 cm³/mol. The topological polar surface area (TPSA) is 38.3 Å². The average molecular weight is 281 g/mol. The summed E-state index contributed by atoms with van der Waals surface area (Å²) in [4.78, 5) is 11.0. The summed E-state index contributed by atoms with van der Waals surface area (Å²) in [6.45, 7) is 7.32. The molecule has 108 valence electrons. The minimum atomic E-state index is -0.0875. The van der Waals surface area contributed by atoms with Crippen LogP contribution in [0, 0.1) is 6.92 Å². The SMILES string of the molecule is C=CCc1cc(C)ccc1Oc1ccc(NC(C)=O)cc1. The van der Waals surface area contributed by atoms with Crippen LogP contribution < -0.4 is 10.1 Å². The number of anilines is 1. The summed E-state index contributed by atoms with van der Waals surface area (Å²) in [6, 6.07) is 13.4. The molecule has 2 aromatic rings. The van der Waals surface area contributed by atoms with E-state index in [9.17, 15) is 4.79 Å². The van der Waals surface area contributed by atoms with Crippen molar-refractivity contribution in [2.75, 3.05) is 5.32 Å². The zero-order chi connectivity index (χ0) is 15.2. The molecule has 21 heavy (non-hydrogen) atoms. The van der Waals surface area contributed by atoms with Crippen LogP contribution in [-0.2, 0) is 11.2 Å². The van der Waals surface area contributed by atoms with E-state index in [1.54, 1.807) is 0 Å². The molecule has 3 heteroatoms. The van der Waals surface area contributed by atoms with Gasteiger partial charge in [0.2, 0.25) is 5.91 Å². The molecule has 0 atom stereocenters. The number of rotatable bonds is 5. The maximum absolute atomic E-state index is 11.0. The smallest absolute Gasteiger partial charge is 0.221 e. The zero-order valence-corrected chi connectivity index (χ0v) is 12.3. The molecule has 1 N–H and O–H groups in total. The number of carbonyl (C=O) groups excluding carboxylic acids is 1. The van der Waals surface area contributed by atoms with Crippen molar-refractivity contribution in [1.82, 2.24) is 0 Å². The van der Waals surface area contributed by atoms with E-state index in [0.29, 0.717) is 0 Å². The van der Waals surface area contributed by atoms with E-state index < -0.39 is 0 Å². The Morgan fingerprint density at radius 2 is 1.95 bits per heavy atom. The number of nitrogens with one attached hydrogen (secondary N) is 1. The first-order valence-electron chi connectivity index (χ1n) is 6.84. The number of benzene rings is 2. The molecule has 3 nitrogen and oxygen atoms in total. The maximum Gasteiger partial charge on any atom is 0.221 e. The Bertz CT molecular complexity index is 645. The lowest BCUT2D eigenvalue weighted by Crippen LogP contribution is -2.05. The maximum atomic E-state index is 11.0. The molecule has 0 aliphatic carbocycles. The largest absolute Gasteiger partial charge is 0.457 e. The van der Waals surface area contributed by atoms with Gasteiger partial charge >= 0.3 is 0 Å². The van der Waals surface area contributed by atoms with Crippen molar-refractivity contribution in [3.63, 3.8) is 0 Å². The van der Waals surface area contributed by atoms with Gasteiger partial charge in [0.1, 0.15) is 11.5 Å². The molecule has 1 amide bonds. The molecule has 0 bridgehead atoms. The predicted octanol–water partition coefficient (Wildman–Crippen LogP) is 4.47. The molecule has 0 unspecified atom stereocenters. The standard InChI is InChI=1S/C18H19NO2/c1-4-5-15-12-13(2)6-11-18(15)21-17-9-7-16(8-10-17)19-14(3)20/h4,6-12H,1,5H2,2-3H3,(H,19,20). The highest BCUT2D eigenvalue weighted by atomic mass is 16.5. The minimum absolute atomic E-state index is 0.0875. The Balaban J connectivity index is 2.17. The summed E-state index contributed by atoms with van der Waals surface area (Å²) in [5, 5.41) is 2.73.